The summed E-state index contributed by atoms with van der Waals surface area (Å²) in [6, 6.07) is 7.82. The van der Waals surface area contributed by atoms with E-state index in [2.05, 4.69) is 15.5 Å². The highest BCUT2D eigenvalue weighted by Gasteiger charge is 2.17. The molecule has 1 N–H and O–H groups in total. The number of aromatic nitrogens is 2. The van der Waals surface area contributed by atoms with Gasteiger partial charge in [0.15, 0.2) is 0 Å². The SMILES string of the molecule is Cc1ccc(-c2nnc(CCC(=O)NCCC(=O)N3CCCC3)o2)cc1. The van der Waals surface area contributed by atoms with Gasteiger partial charge in [0.1, 0.15) is 0 Å². The summed E-state index contributed by atoms with van der Waals surface area (Å²) >= 11 is 0. The van der Waals surface area contributed by atoms with E-state index in [1.807, 2.05) is 36.1 Å². The molecule has 1 aromatic heterocycles. The topological polar surface area (TPSA) is 88.3 Å². The van der Waals surface area contributed by atoms with Crippen molar-refractivity contribution in [3.63, 3.8) is 0 Å². The average molecular weight is 356 g/mol. The Morgan fingerprint density at radius 2 is 1.85 bits per heavy atom. The molecule has 0 unspecified atom stereocenters. The third kappa shape index (κ3) is 4.91. The maximum atomic E-state index is 11.9. The van der Waals surface area contributed by atoms with Crippen LogP contribution < -0.4 is 5.32 Å². The molecule has 1 aromatic carbocycles. The fraction of sp³-hybridized carbons (Fsp3) is 0.474. The number of carbonyl (C=O) groups is 2. The van der Waals surface area contributed by atoms with E-state index in [1.165, 1.54) is 0 Å². The summed E-state index contributed by atoms with van der Waals surface area (Å²) in [7, 11) is 0. The lowest BCUT2D eigenvalue weighted by Gasteiger charge is -2.15. The summed E-state index contributed by atoms with van der Waals surface area (Å²) in [5.74, 6) is 0.886. The van der Waals surface area contributed by atoms with Crippen LogP contribution >= 0.6 is 0 Å². The molecule has 7 nitrogen and oxygen atoms in total. The van der Waals surface area contributed by atoms with Crippen LogP contribution in [0.4, 0.5) is 0 Å². The number of carbonyl (C=O) groups excluding carboxylic acids is 2. The predicted molar refractivity (Wildman–Crippen MR) is 96.2 cm³/mol. The first kappa shape index (κ1) is 18.1. The van der Waals surface area contributed by atoms with Crippen molar-refractivity contribution in [2.75, 3.05) is 19.6 Å². The van der Waals surface area contributed by atoms with Gasteiger partial charge in [0, 0.05) is 44.5 Å². The maximum Gasteiger partial charge on any atom is 0.247 e. The lowest BCUT2D eigenvalue weighted by molar-refractivity contribution is -0.130. The molecule has 1 saturated heterocycles. The van der Waals surface area contributed by atoms with E-state index in [0.717, 1.165) is 37.1 Å². The molecule has 1 aliphatic rings. The van der Waals surface area contributed by atoms with Crippen molar-refractivity contribution in [2.45, 2.75) is 39.0 Å². The highest BCUT2D eigenvalue weighted by molar-refractivity contribution is 5.79. The Balaban J connectivity index is 1.39. The molecule has 2 aromatic rings. The van der Waals surface area contributed by atoms with Gasteiger partial charge in [-0.1, -0.05) is 17.7 Å². The van der Waals surface area contributed by atoms with Gasteiger partial charge in [0.2, 0.25) is 23.6 Å². The number of rotatable bonds is 7. The van der Waals surface area contributed by atoms with Gasteiger partial charge in [0.25, 0.3) is 0 Å². The van der Waals surface area contributed by atoms with E-state index in [9.17, 15) is 9.59 Å². The molecule has 0 saturated carbocycles. The Morgan fingerprint density at radius 3 is 2.58 bits per heavy atom. The van der Waals surface area contributed by atoms with Crippen LogP contribution in [-0.4, -0.2) is 46.5 Å². The van der Waals surface area contributed by atoms with Gasteiger partial charge in [-0.3, -0.25) is 9.59 Å². The van der Waals surface area contributed by atoms with Crippen molar-refractivity contribution < 1.29 is 14.0 Å². The molecule has 0 bridgehead atoms. The minimum atomic E-state index is -0.116. The Kier molecular flexibility index (Phi) is 5.99. The Bertz CT molecular complexity index is 748. The van der Waals surface area contributed by atoms with E-state index in [1.54, 1.807) is 0 Å². The third-order valence-electron chi connectivity index (χ3n) is 4.45. The number of aryl methyl sites for hydroxylation is 2. The van der Waals surface area contributed by atoms with Gasteiger partial charge < -0.3 is 14.6 Å². The first-order valence-corrected chi connectivity index (χ1v) is 9.06. The van der Waals surface area contributed by atoms with Gasteiger partial charge in [-0.05, 0) is 31.9 Å². The second-order valence-electron chi connectivity index (χ2n) is 6.55. The van der Waals surface area contributed by atoms with Gasteiger partial charge >= 0.3 is 0 Å². The molecule has 0 spiro atoms. The number of likely N-dealkylation sites (tertiary alicyclic amines) is 1. The monoisotopic (exact) mass is 356 g/mol. The quantitative estimate of drug-likeness (QED) is 0.821. The van der Waals surface area contributed by atoms with Crippen molar-refractivity contribution in [1.29, 1.82) is 0 Å². The van der Waals surface area contributed by atoms with Crippen molar-refractivity contribution >= 4 is 11.8 Å². The molecule has 3 rings (SSSR count). The van der Waals surface area contributed by atoms with E-state index in [-0.39, 0.29) is 18.2 Å². The molecule has 0 aliphatic carbocycles. The average Bonchev–Trinajstić information content (AvgIpc) is 3.32. The number of amides is 2. The van der Waals surface area contributed by atoms with Gasteiger partial charge in [0.05, 0.1) is 0 Å². The highest BCUT2D eigenvalue weighted by Crippen LogP contribution is 2.18. The second kappa shape index (κ2) is 8.60. The van der Waals surface area contributed by atoms with Crippen molar-refractivity contribution in [3.8, 4) is 11.5 Å². The fourth-order valence-corrected chi connectivity index (χ4v) is 2.91. The first-order valence-electron chi connectivity index (χ1n) is 9.06. The molecule has 26 heavy (non-hydrogen) atoms. The van der Waals surface area contributed by atoms with Crippen molar-refractivity contribution in [1.82, 2.24) is 20.4 Å². The van der Waals surface area contributed by atoms with E-state index >= 15 is 0 Å². The van der Waals surface area contributed by atoms with Crippen LogP contribution in [0.3, 0.4) is 0 Å². The van der Waals surface area contributed by atoms with Crippen LogP contribution in [0.5, 0.6) is 0 Å². The largest absolute Gasteiger partial charge is 0.421 e. The normalized spacial score (nSPS) is 13.8. The molecule has 138 valence electrons. The van der Waals surface area contributed by atoms with Crippen LogP contribution in [0.25, 0.3) is 11.5 Å². The molecule has 2 heterocycles. The van der Waals surface area contributed by atoms with Crippen LogP contribution in [-0.2, 0) is 16.0 Å². The zero-order valence-corrected chi connectivity index (χ0v) is 15.0. The van der Waals surface area contributed by atoms with Gasteiger partial charge in [-0.25, -0.2) is 0 Å². The van der Waals surface area contributed by atoms with E-state index < -0.39 is 0 Å². The summed E-state index contributed by atoms with van der Waals surface area (Å²) in [5.41, 5.74) is 2.02. The standard InChI is InChI=1S/C19H24N4O3/c1-14-4-6-15(7-5-14)19-22-21-17(26-19)9-8-16(24)20-11-10-18(25)23-12-2-3-13-23/h4-7H,2-3,8-13H2,1H3,(H,20,24). The predicted octanol–water partition coefficient (Wildman–Crippen LogP) is 2.11. The van der Waals surface area contributed by atoms with E-state index in [4.69, 9.17) is 4.42 Å². The molecule has 2 amide bonds. The van der Waals surface area contributed by atoms with Gasteiger partial charge in [-0.15, -0.1) is 10.2 Å². The van der Waals surface area contributed by atoms with Crippen LogP contribution in [0.1, 0.15) is 37.1 Å². The molecule has 0 radical (unpaired) electrons. The van der Waals surface area contributed by atoms with Crippen LogP contribution in [0, 0.1) is 6.92 Å². The van der Waals surface area contributed by atoms with Crippen molar-refractivity contribution in [3.05, 3.63) is 35.7 Å². The lowest BCUT2D eigenvalue weighted by atomic mass is 10.1. The number of nitrogens with one attached hydrogen (secondary N) is 1. The lowest BCUT2D eigenvalue weighted by Crippen LogP contribution is -2.32. The molecule has 1 aliphatic heterocycles. The summed E-state index contributed by atoms with van der Waals surface area (Å²) in [4.78, 5) is 25.7. The molecule has 0 atom stereocenters. The molecular formula is C19H24N4O3. The summed E-state index contributed by atoms with van der Waals surface area (Å²) in [6.45, 7) is 4.06. The van der Waals surface area contributed by atoms with Crippen LogP contribution in [0.15, 0.2) is 28.7 Å². The number of hydrogen-bond donors (Lipinski definition) is 1. The maximum absolute atomic E-state index is 11.9. The van der Waals surface area contributed by atoms with Crippen molar-refractivity contribution in [2.24, 2.45) is 0 Å². The number of benzene rings is 1. The van der Waals surface area contributed by atoms with E-state index in [0.29, 0.717) is 31.2 Å². The molecular weight excluding hydrogens is 332 g/mol. The Morgan fingerprint density at radius 1 is 1.12 bits per heavy atom. The second-order valence-corrected chi connectivity index (χ2v) is 6.55. The summed E-state index contributed by atoms with van der Waals surface area (Å²) in [6.07, 6.45) is 3.14. The zero-order valence-electron chi connectivity index (χ0n) is 15.0. The first-order chi connectivity index (χ1) is 12.6. The summed E-state index contributed by atoms with van der Waals surface area (Å²) in [5, 5.41) is 10.8. The molecule has 7 heteroatoms. The number of hydrogen-bond acceptors (Lipinski definition) is 5. The minimum Gasteiger partial charge on any atom is -0.421 e. The number of nitrogens with zero attached hydrogens (tertiary/aromatic N) is 3. The molecule has 1 fully saturated rings. The minimum absolute atomic E-state index is 0.113. The third-order valence-corrected chi connectivity index (χ3v) is 4.45. The summed E-state index contributed by atoms with van der Waals surface area (Å²) < 4.78 is 5.61. The Labute approximate surface area is 152 Å². The Hall–Kier alpha value is -2.70. The van der Waals surface area contributed by atoms with Gasteiger partial charge in [-0.2, -0.15) is 0 Å². The smallest absolute Gasteiger partial charge is 0.247 e. The highest BCUT2D eigenvalue weighted by atomic mass is 16.4. The fourth-order valence-electron chi connectivity index (χ4n) is 2.91. The zero-order chi connectivity index (χ0) is 18.4. The van der Waals surface area contributed by atoms with Crippen LogP contribution in [0.2, 0.25) is 0 Å².